The fraction of sp³-hybridized carbons (Fsp3) is 0.538. The Morgan fingerprint density at radius 1 is 1.44 bits per heavy atom. The molecular weight excluding hydrogens is 205 g/mol. The van der Waals surface area contributed by atoms with E-state index < -0.39 is 0 Å². The van der Waals surface area contributed by atoms with Gasteiger partial charge in [0.25, 0.3) is 0 Å². The summed E-state index contributed by atoms with van der Waals surface area (Å²) in [4.78, 5) is 0. The molecule has 1 fully saturated rings. The summed E-state index contributed by atoms with van der Waals surface area (Å²) in [5.41, 5.74) is 6.47. The van der Waals surface area contributed by atoms with Crippen LogP contribution in [0.25, 0.3) is 0 Å². The summed E-state index contributed by atoms with van der Waals surface area (Å²) < 4.78 is 13.1. The van der Waals surface area contributed by atoms with E-state index in [0.717, 1.165) is 18.4 Å². The summed E-state index contributed by atoms with van der Waals surface area (Å²) in [5.74, 6) is 0.280. The van der Waals surface area contributed by atoms with Crippen LogP contribution >= 0.6 is 0 Å². The number of aliphatic hydroxyl groups excluding tert-OH is 1. The topological polar surface area (TPSA) is 46.2 Å². The second kappa shape index (κ2) is 4.52. The average molecular weight is 223 g/mol. The van der Waals surface area contributed by atoms with Gasteiger partial charge in [0.1, 0.15) is 5.82 Å². The monoisotopic (exact) mass is 223 g/mol. The number of halogens is 1. The molecule has 0 aliphatic heterocycles. The van der Waals surface area contributed by atoms with E-state index >= 15 is 0 Å². The quantitative estimate of drug-likeness (QED) is 0.798. The highest BCUT2D eigenvalue weighted by molar-refractivity contribution is 5.19. The smallest absolute Gasteiger partial charge is 0.123 e. The normalized spacial score (nSPS) is 19.4. The first-order chi connectivity index (χ1) is 7.70. The molecule has 0 radical (unpaired) electrons. The van der Waals surface area contributed by atoms with Crippen molar-refractivity contribution < 1.29 is 9.50 Å². The number of hydrogen-bond donors (Lipinski definition) is 2. The van der Waals surface area contributed by atoms with Crippen molar-refractivity contribution >= 4 is 0 Å². The SMILES string of the molecule is NCC(CO)(Cc1cccc(F)c1)C1CC1. The number of benzene rings is 1. The molecule has 16 heavy (non-hydrogen) atoms. The Bertz CT molecular complexity index is 359. The first-order valence-electron chi connectivity index (χ1n) is 5.75. The summed E-state index contributed by atoms with van der Waals surface area (Å²) in [6.45, 7) is 0.551. The van der Waals surface area contributed by atoms with Crippen molar-refractivity contribution in [2.24, 2.45) is 17.1 Å². The van der Waals surface area contributed by atoms with Gasteiger partial charge in [0.15, 0.2) is 0 Å². The summed E-state index contributed by atoms with van der Waals surface area (Å²) in [7, 11) is 0. The maximum absolute atomic E-state index is 13.1. The number of nitrogens with two attached hydrogens (primary N) is 1. The zero-order valence-electron chi connectivity index (χ0n) is 9.32. The molecule has 1 atom stereocenters. The Morgan fingerprint density at radius 2 is 2.19 bits per heavy atom. The minimum absolute atomic E-state index is 0.0880. The fourth-order valence-corrected chi connectivity index (χ4v) is 2.38. The van der Waals surface area contributed by atoms with Crippen molar-refractivity contribution in [1.29, 1.82) is 0 Å². The molecule has 0 saturated heterocycles. The van der Waals surface area contributed by atoms with Gasteiger partial charge in [-0.05, 0) is 42.9 Å². The lowest BCUT2D eigenvalue weighted by Crippen LogP contribution is -2.38. The van der Waals surface area contributed by atoms with Crippen LogP contribution in [0.4, 0.5) is 4.39 Å². The third-order valence-electron chi connectivity index (χ3n) is 3.61. The second-order valence-corrected chi connectivity index (χ2v) is 4.81. The molecule has 0 amide bonds. The standard InChI is InChI=1S/C13H18FNO/c14-12-3-1-2-10(6-12)7-13(8-15,9-16)11-4-5-11/h1-3,6,11,16H,4-5,7-9,15H2. The van der Waals surface area contributed by atoms with Crippen LogP contribution in [0.15, 0.2) is 24.3 Å². The predicted molar refractivity (Wildman–Crippen MR) is 61.4 cm³/mol. The number of hydrogen-bond acceptors (Lipinski definition) is 2. The lowest BCUT2D eigenvalue weighted by molar-refractivity contribution is 0.109. The Morgan fingerprint density at radius 3 is 2.69 bits per heavy atom. The molecule has 3 N–H and O–H groups in total. The highest BCUT2D eigenvalue weighted by atomic mass is 19.1. The number of aliphatic hydroxyl groups is 1. The van der Waals surface area contributed by atoms with E-state index in [1.165, 1.54) is 12.1 Å². The maximum atomic E-state index is 13.1. The van der Waals surface area contributed by atoms with Gasteiger partial charge < -0.3 is 10.8 Å². The van der Waals surface area contributed by atoms with Gasteiger partial charge in [-0.25, -0.2) is 4.39 Å². The van der Waals surface area contributed by atoms with Crippen LogP contribution in [-0.2, 0) is 6.42 Å². The molecular formula is C13H18FNO. The Kier molecular flexibility index (Phi) is 3.26. The lowest BCUT2D eigenvalue weighted by Gasteiger charge is -2.30. The van der Waals surface area contributed by atoms with Gasteiger partial charge in [0, 0.05) is 12.0 Å². The van der Waals surface area contributed by atoms with E-state index in [-0.39, 0.29) is 17.8 Å². The van der Waals surface area contributed by atoms with Crippen molar-refractivity contribution in [1.82, 2.24) is 0 Å². The summed E-state index contributed by atoms with van der Waals surface area (Å²) in [6.07, 6.45) is 2.93. The van der Waals surface area contributed by atoms with Crippen molar-refractivity contribution in [2.75, 3.05) is 13.2 Å². The molecule has 1 aromatic rings. The summed E-state index contributed by atoms with van der Waals surface area (Å²) in [6, 6.07) is 6.56. The van der Waals surface area contributed by atoms with E-state index in [9.17, 15) is 9.50 Å². The Hall–Kier alpha value is -0.930. The van der Waals surface area contributed by atoms with E-state index in [0.29, 0.717) is 18.9 Å². The molecule has 1 unspecified atom stereocenters. The molecule has 88 valence electrons. The van der Waals surface area contributed by atoms with Gasteiger partial charge in [0.05, 0.1) is 6.61 Å². The molecule has 1 aromatic carbocycles. The second-order valence-electron chi connectivity index (χ2n) is 4.81. The van der Waals surface area contributed by atoms with Crippen LogP contribution in [0, 0.1) is 17.2 Å². The first-order valence-corrected chi connectivity index (χ1v) is 5.75. The molecule has 0 spiro atoms. The highest BCUT2D eigenvalue weighted by Gasteiger charge is 2.43. The van der Waals surface area contributed by atoms with E-state index in [1.54, 1.807) is 6.07 Å². The minimum atomic E-state index is -0.242. The van der Waals surface area contributed by atoms with Crippen LogP contribution in [0.2, 0.25) is 0 Å². The van der Waals surface area contributed by atoms with Crippen molar-refractivity contribution in [3.63, 3.8) is 0 Å². The van der Waals surface area contributed by atoms with Crippen LogP contribution < -0.4 is 5.73 Å². The molecule has 0 heterocycles. The first kappa shape index (κ1) is 11.6. The van der Waals surface area contributed by atoms with Crippen LogP contribution in [-0.4, -0.2) is 18.3 Å². The van der Waals surface area contributed by atoms with Crippen LogP contribution in [0.5, 0.6) is 0 Å². The van der Waals surface area contributed by atoms with E-state index in [2.05, 4.69) is 0 Å². The lowest BCUT2D eigenvalue weighted by atomic mass is 9.78. The van der Waals surface area contributed by atoms with Gasteiger partial charge in [-0.3, -0.25) is 0 Å². The zero-order chi connectivity index (χ0) is 11.6. The maximum Gasteiger partial charge on any atom is 0.123 e. The van der Waals surface area contributed by atoms with Gasteiger partial charge in [0.2, 0.25) is 0 Å². The van der Waals surface area contributed by atoms with Crippen molar-refractivity contribution in [3.05, 3.63) is 35.6 Å². The molecule has 2 nitrogen and oxygen atoms in total. The van der Waals surface area contributed by atoms with Gasteiger partial charge in [-0.2, -0.15) is 0 Å². The largest absolute Gasteiger partial charge is 0.396 e. The Labute approximate surface area is 95.3 Å². The molecule has 1 saturated carbocycles. The highest BCUT2D eigenvalue weighted by Crippen LogP contribution is 2.46. The van der Waals surface area contributed by atoms with E-state index in [1.807, 2.05) is 6.07 Å². The predicted octanol–water partition coefficient (Wildman–Crippen LogP) is 1.72. The summed E-state index contributed by atoms with van der Waals surface area (Å²) >= 11 is 0. The average Bonchev–Trinajstić information content (AvgIpc) is 3.10. The summed E-state index contributed by atoms with van der Waals surface area (Å²) in [5, 5.41) is 9.54. The van der Waals surface area contributed by atoms with Crippen molar-refractivity contribution in [3.8, 4) is 0 Å². The molecule has 1 aliphatic carbocycles. The van der Waals surface area contributed by atoms with Crippen LogP contribution in [0.3, 0.4) is 0 Å². The van der Waals surface area contributed by atoms with E-state index in [4.69, 9.17) is 5.73 Å². The minimum Gasteiger partial charge on any atom is -0.396 e. The Balaban J connectivity index is 2.16. The number of rotatable bonds is 5. The van der Waals surface area contributed by atoms with Gasteiger partial charge in [-0.15, -0.1) is 0 Å². The molecule has 0 bridgehead atoms. The zero-order valence-corrected chi connectivity index (χ0v) is 9.32. The van der Waals surface area contributed by atoms with Gasteiger partial charge in [-0.1, -0.05) is 12.1 Å². The molecule has 0 aromatic heterocycles. The van der Waals surface area contributed by atoms with Crippen LogP contribution in [0.1, 0.15) is 18.4 Å². The molecule has 2 rings (SSSR count). The third kappa shape index (κ3) is 2.25. The third-order valence-corrected chi connectivity index (χ3v) is 3.61. The van der Waals surface area contributed by atoms with Crippen molar-refractivity contribution in [2.45, 2.75) is 19.3 Å². The molecule has 3 heteroatoms. The fourth-order valence-electron chi connectivity index (χ4n) is 2.38. The van der Waals surface area contributed by atoms with Gasteiger partial charge >= 0.3 is 0 Å². The molecule has 1 aliphatic rings.